The van der Waals surface area contributed by atoms with Gasteiger partial charge < -0.3 is 9.47 Å². The number of carbonyl (C=O) groups excluding carboxylic acids is 2. The number of ether oxygens (including phenoxy) is 2. The Bertz CT molecular complexity index is 597. The monoisotopic (exact) mass is 276 g/mol. The summed E-state index contributed by atoms with van der Waals surface area (Å²) in [7, 11) is 0. The fraction of sp³-hybridized carbons (Fsp3) is 0.250. The predicted octanol–water partition coefficient (Wildman–Crippen LogP) is 1.03. The zero-order valence-corrected chi connectivity index (χ0v) is 10.7. The molecule has 0 saturated heterocycles. The van der Waals surface area contributed by atoms with Crippen LogP contribution in [-0.4, -0.2) is 38.9 Å². The quantitative estimate of drug-likeness (QED) is 0.607. The highest BCUT2D eigenvalue weighted by molar-refractivity contribution is 5.89. The van der Waals surface area contributed by atoms with Crippen molar-refractivity contribution in [2.24, 2.45) is 0 Å². The van der Waals surface area contributed by atoms with Crippen molar-refractivity contribution < 1.29 is 19.1 Å². The lowest BCUT2D eigenvalue weighted by molar-refractivity contribution is 0.0500. The van der Waals surface area contributed by atoms with Crippen LogP contribution in [0.1, 0.15) is 23.1 Å². The van der Waals surface area contributed by atoms with E-state index in [1.807, 2.05) is 18.2 Å². The molecule has 1 aromatic heterocycles. The number of nitrogens with zero attached hydrogens (tertiary/aromatic N) is 4. The SMILES string of the molecule is CCOC(=O)c1nnnn1C(=O)OCc1ccccc1. The van der Waals surface area contributed by atoms with Gasteiger partial charge in [-0.05, 0) is 22.9 Å². The topological polar surface area (TPSA) is 96.2 Å². The Balaban J connectivity index is 2.03. The molecule has 0 fully saturated rings. The molecule has 0 aliphatic carbocycles. The molecular weight excluding hydrogens is 264 g/mol. The van der Waals surface area contributed by atoms with Gasteiger partial charge in [0.1, 0.15) is 6.61 Å². The second-order valence-electron chi connectivity index (χ2n) is 3.67. The molecule has 1 heterocycles. The van der Waals surface area contributed by atoms with Gasteiger partial charge in [0.05, 0.1) is 6.61 Å². The molecule has 0 unspecified atom stereocenters. The lowest BCUT2D eigenvalue weighted by atomic mass is 10.2. The summed E-state index contributed by atoms with van der Waals surface area (Å²) in [6, 6.07) is 9.11. The van der Waals surface area contributed by atoms with E-state index >= 15 is 0 Å². The summed E-state index contributed by atoms with van der Waals surface area (Å²) in [5, 5.41) is 10.1. The van der Waals surface area contributed by atoms with Gasteiger partial charge in [-0.15, -0.1) is 9.78 Å². The Kier molecular flexibility index (Phi) is 4.38. The normalized spacial score (nSPS) is 10.1. The van der Waals surface area contributed by atoms with Gasteiger partial charge in [0, 0.05) is 0 Å². The van der Waals surface area contributed by atoms with Crippen molar-refractivity contribution in [3.63, 3.8) is 0 Å². The first-order chi connectivity index (χ1) is 9.72. The summed E-state index contributed by atoms with van der Waals surface area (Å²) in [4.78, 5) is 23.3. The Morgan fingerprint density at radius 2 is 1.95 bits per heavy atom. The Morgan fingerprint density at radius 1 is 1.20 bits per heavy atom. The first-order valence-electron chi connectivity index (χ1n) is 5.89. The second-order valence-corrected chi connectivity index (χ2v) is 3.67. The van der Waals surface area contributed by atoms with Crippen molar-refractivity contribution in [3.05, 3.63) is 41.7 Å². The summed E-state index contributed by atoms with van der Waals surface area (Å²) in [5.41, 5.74) is 0.812. The maximum absolute atomic E-state index is 11.8. The standard InChI is InChI=1S/C12H12N4O4/c1-2-19-11(17)10-13-14-15-16(10)12(18)20-8-9-6-4-3-5-7-9/h3-7H,2,8H2,1H3. The average Bonchev–Trinajstić information content (AvgIpc) is 2.96. The summed E-state index contributed by atoms with van der Waals surface area (Å²) in [6.07, 6.45) is -0.845. The molecule has 0 atom stereocenters. The van der Waals surface area contributed by atoms with Crippen LogP contribution in [0.2, 0.25) is 0 Å². The molecule has 0 bridgehead atoms. The second kappa shape index (κ2) is 6.41. The highest BCUT2D eigenvalue weighted by Gasteiger charge is 2.22. The average molecular weight is 276 g/mol. The third-order valence-electron chi connectivity index (χ3n) is 2.31. The number of aromatic nitrogens is 4. The predicted molar refractivity (Wildman–Crippen MR) is 65.8 cm³/mol. The maximum atomic E-state index is 11.8. The molecule has 0 aliphatic rings. The zero-order valence-electron chi connectivity index (χ0n) is 10.7. The Hall–Kier alpha value is -2.77. The van der Waals surface area contributed by atoms with Crippen LogP contribution >= 0.6 is 0 Å². The molecule has 104 valence electrons. The largest absolute Gasteiger partial charge is 0.460 e. The van der Waals surface area contributed by atoms with Crippen LogP contribution in [0, 0.1) is 0 Å². The fourth-order valence-electron chi connectivity index (χ4n) is 1.41. The van der Waals surface area contributed by atoms with Crippen LogP contribution in [0.4, 0.5) is 4.79 Å². The molecule has 0 saturated carbocycles. The summed E-state index contributed by atoms with van der Waals surface area (Å²) >= 11 is 0. The van der Waals surface area contributed by atoms with E-state index in [1.54, 1.807) is 19.1 Å². The van der Waals surface area contributed by atoms with Crippen LogP contribution < -0.4 is 0 Å². The summed E-state index contributed by atoms with van der Waals surface area (Å²) in [6.45, 7) is 1.85. The highest BCUT2D eigenvalue weighted by atomic mass is 16.6. The van der Waals surface area contributed by atoms with E-state index in [0.717, 1.165) is 5.56 Å². The first kappa shape index (κ1) is 13.7. The van der Waals surface area contributed by atoms with E-state index in [0.29, 0.717) is 4.68 Å². The minimum atomic E-state index is -0.845. The number of hydrogen-bond donors (Lipinski definition) is 0. The van der Waals surface area contributed by atoms with Gasteiger partial charge in [-0.2, -0.15) is 0 Å². The molecule has 2 rings (SSSR count). The van der Waals surface area contributed by atoms with E-state index < -0.39 is 12.1 Å². The molecule has 2 aromatic rings. The van der Waals surface area contributed by atoms with Gasteiger partial charge in [-0.25, -0.2) is 9.59 Å². The Labute approximate surface area is 114 Å². The minimum Gasteiger partial charge on any atom is -0.460 e. The highest BCUT2D eigenvalue weighted by Crippen LogP contribution is 2.03. The van der Waals surface area contributed by atoms with Crippen molar-refractivity contribution in [1.29, 1.82) is 0 Å². The number of tetrazole rings is 1. The summed E-state index contributed by atoms with van der Waals surface area (Å²) < 4.78 is 10.4. The van der Waals surface area contributed by atoms with Crippen molar-refractivity contribution in [2.45, 2.75) is 13.5 Å². The van der Waals surface area contributed by atoms with E-state index in [9.17, 15) is 9.59 Å². The van der Waals surface area contributed by atoms with Gasteiger partial charge in [-0.3, -0.25) is 0 Å². The molecular formula is C12H12N4O4. The van der Waals surface area contributed by atoms with Crippen molar-refractivity contribution in [2.75, 3.05) is 6.61 Å². The number of rotatable bonds is 4. The third-order valence-corrected chi connectivity index (χ3v) is 2.31. The van der Waals surface area contributed by atoms with E-state index in [4.69, 9.17) is 9.47 Å². The molecule has 1 aromatic carbocycles. The van der Waals surface area contributed by atoms with Gasteiger partial charge in [-0.1, -0.05) is 30.3 Å². The van der Waals surface area contributed by atoms with Gasteiger partial charge >= 0.3 is 12.1 Å². The third kappa shape index (κ3) is 3.16. The van der Waals surface area contributed by atoms with E-state index in [2.05, 4.69) is 15.5 Å². The lowest BCUT2D eigenvalue weighted by Gasteiger charge is -2.05. The molecule has 8 nitrogen and oxygen atoms in total. The number of benzene rings is 1. The van der Waals surface area contributed by atoms with Gasteiger partial charge in [0.25, 0.3) is 5.82 Å². The molecule has 0 radical (unpaired) electrons. The molecule has 0 spiro atoms. The van der Waals surface area contributed by atoms with Crippen LogP contribution in [0.15, 0.2) is 30.3 Å². The molecule has 0 aliphatic heterocycles. The fourth-order valence-corrected chi connectivity index (χ4v) is 1.41. The first-order valence-corrected chi connectivity index (χ1v) is 5.89. The smallest absolute Gasteiger partial charge is 0.438 e. The van der Waals surface area contributed by atoms with Gasteiger partial charge in [0.15, 0.2) is 0 Å². The van der Waals surface area contributed by atoms with Crippen LogP contribution in [-0.2, 0) is 16.1 Å². The molecule has 20 heavy (non-hydrogen) atoms. The molecule has 8 heteroatoms. The molecule has 0 N–H and O–H groups in total. The van der Waals surface area contributed by atoms with E-state index in [-0.39, 0.29) is 19.0 Å². The van der Waals surface area contributed by atoms with Crippen LogP contribution in [0.5, 0.6) is 0 Å². The number of carbonyl (C=O) groups is 2. The van der Waals surface area contributed by atoms with E-state index in [1.165, 1.54) is 0 Å². The van der Waals surface area contributed by atoms with Gasteiger partial charge in [0.2, 0.25) is 0 Å². The minimum absolute atomic E-state index is 0.0573. The summed E-state index contributed by atoms with van der Waals surface area (Å²) in [5.74, 6) is -1.10. The maximum Gasteiger partial charge on any atom is 0.438 e. The zero-order chi connectivity index (χ0) is 14.4. The number of esters is 1. The van der Waals surface area contributed by atoms with Crippen molar-refractivity contribution in [3.8, 4) is 0 Å². The van der Waals surface area contributed by atoms with Crippen molar-refractivity contribution >= 4 is 12.1 Å². The Morgan fingerprint density at radius 3 is 2.65 bits per heavy atom. The van der Waals surface area contributed by atoms with Crippen LogP contribution in [0.3, 0.4) is 0 Å². The van der Waals surface area contributed by atoms with Crippen molar-refractivity contribution in [1.82, 2.24) is 20.2 Å². The lowest BCUT2D eigenvalue weighted by Crippen LogP contribution is -2.22. The number of hydrogen-bond acceptors (Lipinski definition) is 7. The van der Waals surface area contributed by atoms with Crippen LogP contribution in [0.25, 0.3) is 0 Å². The molecule has 0 amide bonds.